The fourth-order valence-electron chi connectivity index (χ4n) is 1.17. The van der Waals surface area contributed by atoms with E-state index in [1.165, 1.54) is 0 Å². The molecule has 1 unspecified atom stereocenters. The first-order chi connectivity index (χ1) is 6.29. The van der Waals surface area contributed by atoms with Crippen LogP contribution in [0.5, 0.6) is 0 Å². The molecule has 0 aliphatic rings. The lowest BCUT2D eigenvalue weighted by Gasteiger charge is -2.13. The Kier molecular flexibility index (Phi) is 3.24. The normalized spacial score (nSPS) is 11.7. The SMILES string of the molecule is C=C(C#N)C(OC)c1ccccc1. The number of benzene rings is 1. The van der Waals surface area contributed by atoms with Gasteiger partial charge in [-0.15, -0.1) is 0 Å². The summed E-state index contributed by atoms with van der Waals surface area (Å²) in [6.45, 7) is 3.63. The smallest absolute Gasteiger partial charge is 0.116 e. The van der Waals surface area contributed by atoms with Crippen LogP contribution in [0.25, 0.3) is 0 Å². The van der Waals surface area contributed by atoms with Crippen molar-refractivity contribution in [2.75, 3.05) is 7.11 Å². The number of ether oxygens (including phenoxy) is 1. The van der Waals surface area contributed by atoms with Gasteiger partial charge >= 0.3 is 0 Å². The van der Waals surface area contributed by atoms with Crippen LogP contribution in [-0.4, -0.2) is 7.11 Å². The molecule has 0 aromatic heterocycles. The average molecular weight is 173 g/mol. The Morgan fingerprint density at radius 2 is 2.08 bits per heavy atom. The second-order valence-corrected chi connectivity index (χ2v) is 2.66. The molecule has 2 nitrogen and oxygen atoms in total. The van der Waals surface area contributed by atoms with Crippen molar-refractivity contribution in [2.24, 2.45) is 0 Å². The number of methoxy groups -OCH3 is 1. The Morgan fingerprint density at radius 1 is 1.46 bits per heavy atom. The maximum absolute atomic E-state index is 8.67. The van der Waals surface area contributed by atoms with E-state index in [4.69, 9.17) is 10.00 Å². The average Bonchev–Trinajstić information content (AvgIpc) is 2.20. The Morgan fingerprint density at radius 3 is 2.54 bits per heavy atom. The molecule has 0 heterocycles. The predicted molar refractivity (Wildman–Crippen MR) is 50.9 cm³/mol. The molecule has 13 heavy (non-hydrogen) atoms. The van der Waals surface area contributed by atoms with E-state index in [-0.39, 0.29) is 6.10 Å². The summed E-state index contributed by atoms with van der Waals surface area (Å²) in [5, 5.41) is 8.67. The van der Waals surface area contributed by atoms with Crippen molar-refractivity contribution < 1.29 is 4.74 Å². The molecule has 1 aromatic rings. The highest BCUT2D eigenvalue weighted by molar-refractivity contribution is 5.31. The van der Waals surface area contributed by atoms with Crippen LogP contribution in [0.1, 0.15) is 11.7 Å². The van der Waals surface area contributed by atoms with Crippen molar-refractivity contribution in [2.45, 2.75) is 6.10 Å². The van der Waals surface area contributed by atoms with Gasteiger partial charge in [-0.1, -0.05) is 36.9 Å². The second kappa shape index (κ2) is 4.44. The molecule has 1 atom stereocenters. The molecule has 66 valence electrons. The van der Waals surface area contributed by atoms with Crippen molar-refractivity contribution >= 4 is 0 Å². The van der Waals surface area contributed by atoms with Gasteiger partial charge in [-0.2, -0.15) is 5.26 Å². The van der Waals surface area contributed by atoms with Crippen LogP contribution in [0.4, 0.5) is 0 Å². The number of hydrogen-bond acceptors (Lipinski definition) is 2. The van der Waals surface area contributed by atoms with Crippen LogP contribution in [0.3, 0.4) is 0 Å². The minimum atomic E-state index is -0.314. The third-order valence-electron chi connectivity index (χ3n) is 1.80. The topological polar surface area (TPSA) is 33.0 Å². The lowest BCUT2D eigenvalue weighted by Crippen LogP contribution is -2.02. The van der Waals surface area contributed by atoms with Crippen molar-refractivity contribution in [3.63, 3.8) is 0 Å². The van der Waals surface area contributed by atoms with E-state index in [1.54, 1.807) is 7.11 Å². The Labute approximate surface area is 78.1 Å². The van der Waals surface area contributed by atoms with Crippen molar-refractivity contribution in [3.05, 3.63) is 48.0 Å². The summed E-state index contributed by atoms with van der Waals surface area (Å²) in [6, 6.07) is 11.6. The molecule has 1 aromatic carbocycles. The zero-order valence-electron chi connectivity index (χ0n) is 7.53. The van der Waals surface area contributed by atoms with Crippen LogP contribution in [0.15, 0.2) is 42.5 Å². The van der Waals surface area contributed by atoms with Gasteiger partial charge in [-0.05, 0) is 5.56 Å². The van der Waals surface area contributed by atoms with Crippen LogP contribution >= 0.6 is 0 Å². The van der Waals surface area contributed by atoms with E-state index in [0.29, 0.717) is 5.57 Å². The molecular weight excluding hydrogens is 162 g/mol. The minimum Gasteiger partial charge on any atom is -0.371 e. The van der Waals surface area contributed by atoms with Gasteiger partial charge in [0.25, 0.3) is 0 Å². The van der Waals surface area contributed by atoms with Gasteiger partial charge in [0.05, 0.1) is 11.6 Å². The second-order valence-electron chi connectivity index (χ2n) is 2.66. The molecule has 0 fully saturated rings. The third-order valence-corrected chi connectivity index (χ3v) is 1.80. The number of hydrogen-bond donors (Lipinski definition) is 0. The van der Waals surface area contributed by atoms with Crippen molar-refractivity contribution in [3.8, 4) is 6.07 Å². The number of nitriles is 1. The maximum atomic E-state index is 8.67. The molecule has 2 heteroatoms. The monoisotopic (exact) mass is 173 g/mol. The summed E-state index contributed by atoms with van der Waals surface area (Å²) in [5.74, 6) is 0. The zero-order valence-corrected chi connectivity index (χ0v) is 7.53. The number of rotatable bonds is 3. The van der Waals surface area contributed by atoms with Gasteiger partial charge in [-0.3, -0.25) is 0 Å². The van der Waals surface area contributed by atoms with Gasteiger partial charge in [0.2, 0.25) is 0 Å². The first-order valence-corrected chi connectivity index (χ1v) is 3.96. The highest BCUT2D eigenvalue weighted by Crippen LogP contribution is 2.22. The van der Waals surface area contributed by atoms with Crippen LogP contribution in [-0.2, 0) is 4.74 Å². The quantitative estimate of drug-likeness (QED) is 0.658. The zero-order chi connectivity index (χ0) is 9.68. The molecule has 0 amide bonds. The number of nitrogens with zero attached hydrogens (tertiary/aromatic N) is 1. The molecule has 0 saturated heterocycles. The highest BCUT2D eigenvalue weighted by Gasteiger charge is 2.12. The van der Waals surface area contributed by atoms with E-state index in [9.17, 15) is 0 Å². The van der Waals surface area contributed by atoms with Gasteiger partial charge in [0, 0.05) is 7.11 Å². The van der Waals surface area contributed by atoms with E-state index in [2.05, 4.69) is 6.58 Å². The molecule has 0 radical (unpaired) electrons. The first-order valence-electron chi connectivity index (χ1n) is 3.96. The summed E-state index contributed by atoms with van der Waals surface area (Å²) < 4.78 is 5.17. The van der Waals surface area contributed by atoms with E-state index in [1.807, 2.05) is 36.4 Å². The summed E-state index contributed by atoms with van der Waals surface area (Å²) in [4.78, 5) is 0. The van der Waals surface area contributed by atoms with Gasteiger partial charge in [0.15, 0.2) is 0 Å². The molecule has 0 bridgehead atoms. The highest BCUT2D eigenvalue weighted by atomic mass is 16.5. The Bertz CT molecular complexity index is 324. The molecular formula is C11H11NO. The summed E-state index contributed by atoms with van der Waals surface area (Å²) in [7, 11) is 1.57. The standard InChI is InChI=1S/C11H11NO/c1-9(8-12)11(13-2)10-6-4-3-5-7-10/h3-7,11H,1H2,2H3. The van der Waals surface area contributed by atoms with Gasteiger partial charge in [-0.25, -0.2) is 0 Å². The van der Waals surface area contributed by atoms with Crippen LogP contribution < -0.4 is 0 Å². The van der Waals surface area contributed by atoms with E-state index >= 15 is 0 Å². The molecule has 1 rings (SSSR count). The van der Waals surface area contributed by atoms with E-state index in [0.717, 1.165) is 5.56 Å². The van der Waals surface area contributed by atoms with Crippen LogP contribution in [0, 0.1) is 11.3 Å². The fourth-order valence-corrected chi connectivity index (χ4v) is 1.17. The summed E-state index contributed by atoms with van der Waals surface area (Å²) in [6.07, 6.45) is -0.314. The fraction of sp³-hybridized carbons (Fsp3) is 0.182. The van der Waals surface area contributed by atoms with E-state index < -0.39 is 0 Å². The first kappa shape index (κ1) is 9.50. The predicted octanol–water partition coefficient (Wildman–Crippen LogP) is 2.45. The van der Waals surface area contributed by atoms with Gasteiger partial charge < -0.3 is 4.74 Å². The third kappa shape index (κ3) is 2.17. The van der Waals surface area contributed by atoms with Crippen LogP contribution in [0.2, 0.25) is 0 Å². The molecule has 0 aliphatic carbocycles. The summed E-state index contributed by atoms with van der Waals surface area (Å²) in [5.41, 5.74) is 1.38. The molecule has 0 spiro atoms. The molecule has 0 aliphatic heterocycles. The van der Waals surface area contributed by atoms with Crippen molar-refractivity contribution in [1.82, 2.24) is 0 Å². The summed E-state index contributed by atoms with van der Waals surface area (Å²) >= 11 is 0. The Hall–Kier alpha value is -1.59. The lowest BCUT2D eigenvalue weighted by atomic mass is 10.0. The molecule has 0 N–H and O–H groups in total. The lowest BCUT2D eigenvalue weighted by molar-refractivity contribution is 0.137. The minimum absolute atomic E-state index is 0.314. The van der Waals surface area contributed by atoms with Crippen molar-refractivity contribution in [1.29, 1.82) is 5.26 Å². The maximum Gasteiger partial charge on any atom is 0.116 e. The van der Waals surface area contributed by atoms with Gasteiger partial charge in [0.1, 0.15) is 6.10 Å². The largest absolute Gasteiger partial charge is 0.371 e. The Balaban J connectivity index is 2.93. The molecule has 0 saturated carbocycles.